The molecule has 1 N–H and O–H groups in total. The predicted molar refractivity (Wildman–Crippen MR) is 89.6 cm³/mol. The van der Waals surface area contributed by atoms with Gasteiger partial charge in [0.1, 0.15) is 5.82 Å². The first-order chi connectivity index (χ1) is 11.6. The van der Waals surface area contributed by atoms with E-state index >= 15 is 0 Å². The third kappa shape index (κ3) is 2.77. The third-order valence-corrected chi connectivity index (χ3v) is 5.81. The van der Waals surface area contributed by atoms with Gasteiger partial charge in [0.25, 0.3) is 0 Å². The van der Waals surface area contributed by atoms with Gasteiger partial charge in [-0.05, 0) is 37.0 Å². The lowest BCUT2D eigenvalue weighted by Crippen LogP contribution is -2.29. The van der Waals surface area contributed by atoms with Crippen LogP contribution in [-0.2, 0) is 4.79 Å². The maximum atomic E-state index is 13.6. The van der Waals surface area contributed by atoms with Gasteiger partial charge >= 0.3 is 0 Å². The summed E-state index contributed by atoms with van der Waals surface area (Å²) in [5.41, 5.74) is 0.610. The van der Waals surface area contributed by atoms with Crippen LogP contribution in [0.2, 0.25) is 0 Å². The zero-order valence-corrected chi connectivity index (χ0v) is 13.8. The Kier molecular flexibility index (Phi) is 3.96. The number of piperidine rings is 1. The molecule has 4 nitrogen and oxygen atoms in total. The minimum Gasteiger partial charge on any atom is -0.348 e. The lowest BCUT2D eigenvalue weighted by Gasteiger charge is -2.25. The van der Waals surface area contributed by atoms with E-state index in [1.165, 1.54) is 12.5 Å². The summed E-state index contributed by atoms with van der Waals surface area (Å²) in [6.07, 6.45) is 3.74. The van der Waals surface area contributed by atoms with Gasteiger partial charge in [0.15, 0.2) is 16.8 Å². The van der Waals surface area contributed by atoms with Crippen LogP contribution in [0.1, 0.15) is 42.0 Å². The summed E-state index contributed by atoms with van der Waals surface area (Å²) in [4.78, 5) is 19.8. The molecule has 126 valence electrons. The van der Waals surface area contributed by atoms with Crippen LogP contribution in [-0.4, -0.2) is 24.0 Å². The minimum atomic E-state index is -0.888. The first-order valence-corrected chi connectivity index (χ1v) is 8.94. The fourth-order valence-electron chi connectivity index (χ4n) is 3.33. The molecular weight excluding hydrogens is 332 g/mol. The molecule has 0 aliphatic carbocycles. The standard InChI is InChI=1S/C17H17F2N3OS/c18-12-5-4-10(8-13(12)19)11-9-14(23)20-16-15(11)24-17(21-16)22-6-2-1-3-7-22/h4-5,8,11H,1-3,6-7,9H2,(H,20,23)/t11-/m1/s1. The number of carbonyl (C=O) groups excluding carboxylic acids is 1. The van der Waals surface area contributed by atoms with Gasteiger partial charge in [0.05, 0.1) is 4.88 Å². The summed E-state index contributed by atoms with van der Waals surface area (Å²) in [6.45, 7) is 1.94. The van der Waals surface area contributed by atoms with Gasteiger partial charge in [-0.2, -0.15) is 0 Å². The van der Waals surface area contributed by atoms with Crippen molar-refractivity contribution in [3.63, 3.8) is 0 Å². The minimum absolute atomic E-state index is 0.146. The molecular formula is C17H17F2N3OS. The highest BCUT2D eigenvalue weighted by atomic mass is 32.1. The van der Waals surface area contributed by atoms with E-state index in [1.54, 1.807) is 17.4 Å². The second kappa shape index (κ2) is 6.12. The van der Waals surface area contributed by atoms with Crippen LogP contribution < -0.4 is 10.2 Å². The van der Waals surface area contributed by atoms with E-state index in [0.29, 0.717) is 11.4 Å². The van der Waals surface area contributed by atoms with E-state index in [-0.39, 0.29) is 18.2 Å². The Balaban J connectivity index is 1.71. The van der Waals surface area contributed by atoms with Gasteiger partial charge in [-0.1, -0.05) is 17.4 Å². The summed E-state index contributed by atoms with van der Waals surface area (Å²) in [6, 6.07) is 3.85. The highest BCUT2D eigenvalue weighted by Crippen LogP contribution is 2.43. The van der Waals surface area contributed by atoms with Crippen LogP contribution in [0.5, 0.6) is 0 Å². The number of hydrogen-bond donors (Lipinski definition) is 1. The van der Waals surface area contributed by atoms with E-state index < -0.39 is 11.6 Å². The van der Waals surface area contributed by atoms with E-state index in [2.05, 4.69) is 15.2 Å². The highest BCUT2D eigenvalue weighted by molar-refractivity contribution is 7.16. The summed E-state index contributed by atoms with van der Waals surface area (Å²) in [7, 11) is 0. The lowest BCUT2D eigenvalue weighted by molar-refractivity contribution is -0.116. The summed E-state index contributed by atoms with van der Waals surface area (Å²) in [5.74, 6) is -1.63. The quantitative estimate of drug-likeness (QED) is 0.895. The van der Waals surface area contributed by atoms with E-state index in [4.69, 9.17) is 0 Å². The second-order valence-corrected chi connectivity index (χ2v) is 7.24. The molecule has 1 atom stereocenters. The highest BCUT2D eigenvalue weighted by Gasteiger charge is 2.32. The number of thiazole rings is 1. The maximum absolute atomic E-state index is 13.6. The lowest BCUT2D eigenvalue weighted by atomic mass is 9.91. The van der Waals surface area contributed by atoms with Crippen molar-refractivity contribution in [1.29, 1.82) is 0 Å². The first kappa shape index (κ1) is 15.5. The van der Waals surface area contributed by atoms with Gasteiger partial charge in [-0.25, -0.2) is 13.8 Å². The van der Waals surface area contributed by atoms with E-state index in [9.17, 15) is 13.6 Å². The largest absolute Gasteiger partial charge is 0.348 e. The van der Waals surface area contributed by atoms with Gasteiger partial charge in [0.2, 0.25) is 5.91 Å². The molecule has 1 aromatic carbocycles. The van der Waals surface area contributed by atoms with Gasteiger partial charge < -0.3 is 10.2 Å². The van der Waals surface area contributed by atoms with Gasteiger partial charge in [-0.3, -0.25) is 4.79 Å². The predicted octanol–water partition coefficient (Wildman–Crippen LogP) is 3.89. The van der Waals surface area contributed by atoms with Gasteiger partial charge in [0, 0.05) is 25.4 Å². The monoisotopic (exact) mass is 349 g/mol. The van der Waals surface area contributed by atoms with Gasteiger partial charge in [-0.15, -0.1) is 0 Å². The number of halogens is 2. The van der Waals surface area contributed by atoms with Crippen LogP contribution in [0.15, 0.2) is 18.2 Å². The van der Waals surface area contributed by atoms with Crippen molar-refractivity contribution in [2.45, 2.75) is 31.6 Å². The number of amides is 1. The molecule has 0 unspecified atom stereocenters. The number of benzene rings is 1. The number of nitrogens with zero attached hydrogens (tertiary/aromatic N) is 2. The molecule has 1 amide bonds. The topological polar surface area (TPSA) is 45.2 Å². The Morgan fingerprint density at radius 1 is 1.17 bits per heavy atom. The Bertz CT molecular complexity index is 786. The van der Waals surface area contributed by atoms with Crippen molar-refractivity contribution < 1.29 is 13.6 Å². The molecule has 4 rings (SSSR count). The molecule has 0 radical (unpaired) electrons. The van der Waals surface area contributed by atoms with Crippen molar-refractivity contribution >= 4 is 28.2 Å². The number of rotatable bonds is 2. The third-order valence-electron chi connectivity index (χ3n) is 4.58. The zero-order chi connectivity index (χ0) is 16.7. The fraction of sp³-hybridized carbons (Fsp3) is 0.412. The number of hydrogen-bond acceptors (Lipinski definition) is 4. The Hall–Kier alpha value is -2.02. The van der Waals surface area contributed by atoms with Crippen LogP contribution in [0.3, 0.4) is 0 Å². The number of aromatic nitrogens is 1. The molecule has 0 saturated carbocycles. The molecule has 2 aliphatic rings. The van der Waals surface area contributed by atoms with Crippen LogP contribution in [0.4, 0.5) is 19.7 Å². The van der Waals surface area contributed by atoms with Crippen molar-refractivity contribution in [3.8, 4) is 0 Å². The van der Waals surface area contributed by atoms with Crippen molar-refractivity contribution in [2.75, 3.05) is 23.3 Å². The van der Waals surface area contributed by atoms with Crippen LogP contribution in [0, 0.1) is 11.6 Å². The molecule has 3 heterocycles. The van der Waals surface area contributed by atoms with Crippen LogP contribution in [0.25, 0.3) is 0 Å². The first-order valence-electron chi connectivity index (χ1n) is 8.12. The zero-order valence-electron chi connectivity index (χ0n) is 13.0. The number of fused-ring (bicyclic) bond motifs is 1. The van der Waals surface area contributed by atoms with Crippen molar-refractivity contribution in [1.82, 2.24) is 4.98 Å². The summed E-state index contributed by atoms with van der Waals surface area (Å²) in [5, 5.41) is 3.71. The normalized spacial score (nSPS) is 20.7. The molecule has 7 heteroatoms. The molecule has 0 spiro atoms. The Morgan fingerprint density at radius 3 is 2.71 bits per heavy atom. The molecule has 2 aromatic rings. The van der Waals surface area contributed by atoms with E-state index in [1.807, 2.05) is 0 Å². The van der Waals surface area contributed by atoms with Crippen molar-refractivity contribution in [2.24, 2.45) is 0 Å². The van der Waals surface area contributed by atoms with Crippen LogP contribution >= 0.6 is 11.3 Å². The molecule has 24 heavy (non-hydrogen) atoms. The Labute approximate surface area is 142 Å². The number of nitrogens with one attached hydrogen (secondary N) is 1. The molecule has 1 fully saturated rings. The van der Waals surface area contributed by atoms with E-state index in [0.717, 1.165) is 42.0 Å². The average molecular weight is 349 g/mol. The number of anilines is 2. The second-order valence-electron chi connectivity index (χ2n) is 6.24. The molecule has 1 aromatic heterocycles. The summed E-state index contributed by atoms with van der Waals surface area (Å²) < 4.78 is 26.8. The smallest absolute Gasteiger partial charge is 0.226 e. The molecule has 2 aliphatic heterocycles. The fourth-order valence-corrected chi connectivity index (χ4v) is 4.53. The molecule has 0 bridgehead atoms. The number of carbonyl (C=O) groups is 1. The maximum Gasteiger partial charge on any atom is 0.226 e. The molecule has 1 saturated heterocycles. The Morgan fingerprint density at radius 2 is 1.96 bits per heavy atom. The average Bonchev–Trinajstić information content (AvgIpc) is 3.01. The SMILES string of the molecule is O=C1C[C@H](c2ccc(F)c(F)c2)c2sc(N3CCCCC3)nc2N1. The van der Waals surface area contributed by atoms with Crippen molar-refractivity contribution in [3.05, 3.63) is 40.3 Å². The summed E-state index contributed by atoms with van der Waals surface area (Å²) >= 11 is 1.54.